The van der Waals surface area contributed by atoms with Gasteiger partial charge in [0, 0.05) is 11.4 Å². The topological polar surface area (TPSA) is 70.5 Å². The fraction of sp³-hybridized carbons (Fsp3) is 0.333. The molecule has 22 heavy (non-hydrogen) atoms. The van der Waals surface area contributed by atoms with E-state index in [1.807, 2.05) is 36.4 Å². The molecule has 4 heteroatoms. The van der Waals surface area contributed by atoms with Gasteiger partial charge in [-0.15, -0.1) is 0 Å². The van der Waals surface area contributed by atoms with Gasteiger partial charge in [-0.2, -0.15) is 0 Å². The van der Waals surface area contributed by atoms with Gasteiger partial charge in [-0.25, -0.2) is 0 Å². The molecule has 0 fully saturated rings. The molecule has 116 valence electrons. The molecular weight excluding hydrogens is 276 g/mol. The molecule has 1 aliphatic heterocycles. The molecule has 1 heterocycles. The Balaban J connectivity index is 2.14. The molecule has 0 saturated heterocycles. The number of rotatable bonds is 0. The van der Waals surface area contributed by atoms with Gasteiger partial charge in [-0.05, 0) is 49.9 Å². The average molecular weight is 298 g/mol. The Labute approximate surface area is 131 Å². The molecule has 0 aromatic heterocycles. The zero-order chi connectivity index (χ0) is 15.4. The summed E-state index contributed by atoms with van der Waals surface area (Å²) in [7, 11) is 0. The Morgan fingerprint density at radius 2 is 1.09 bits per heavy atom. The van der Waals surface area contributed by atoms with Crippen molar-refractivity contribution in [1.82, 2.24) is 0 Å². The highest BCUT2D eigenvalue weighted by molar-refractivity contribution is 5.92. The SMILES string of the molecule is Nc1cccc2c1-c1c(N)cccc1OCCCCCCO2. The Morgan fingerprint density at radius 1 is 0.636 bits per heavy atom. The first-order chi connectivity index (χ1) is 10.8. The summed E-state index contributed by atoms with van der Waals surface area (Å²) in [5, 5.41) is 0. The Hall–Kier alpha value is -2.36. The van der Waals surface area contributed by atoms with Crippen molar-refractivity contribution in [3.05, 3.63) is 36.4 Å². The minimum Gasteiger partial charge on any atom is -0.493 e. The number of benzene rings is 2. The van der Waals surface area contributed by atoms with Crippen LogP contribution in [0.1, 0.15) is 25.7 Å². The summed E-state index contributed by atoms with van der Waals surface area (Å²) < 4.78 is 11.9. The van der Waals surface area contributed by atoms with Crippen LogP contribution < -0.4 is 20.9 Å². The van der Waals surface area contributed by atoms with E-state index in [4.69, 9.17) is 20.9 Å². The van der Waals surface area contributed by atoms with Crippen molar-refractivity contribution in [2.24, 2.45) is 0 Å². The summed E-state index contributed by atoms with van der Waals surface area (Å²) in [6.45, 7) is 1.39. The summed E-state index contributed by atoms with van der Waals surface area (Å²) in [4.78, 5) is 0. The lowest BCUT2D eigenvalue weighted by molar-refractivity contribution is 0.285. The van der Waals surface area contributed by atoms with Gasteiger partial charge in [0.05, 0.1) is 24.3 Å². The summed E-state index contributed by atoms with van der Waals surface area (Å²) in [5.41, 5.74) is 15.4. The standard InChI is InChI=1S/C18H22N2O2/c19-13-7-5-9-15-17(13)18-14(20)8-6-10-16(18)22-12-4-2-1-3-11-21-15/h5-10H,1-4,11-12,19-20H2. The van der Waals surface area contributed by atoms with Crippen molar-refractivity contribution in [1.29, 1.82) is 0 Å². The smallest absolute Gasteiger partial charge is 0.129 e. The highest BCUT2D eigenvalue weighted by atomic mass is 16.5. The maximum Gasteiger partial charge on any atom is 0.129 e. The molecule has 0 radical (unpaired) electrons. The van der Waals surface area contributed by atoms with Crippen molar-refractivity contribution in [2.45, 2.75) is 25.7 Å². The van der Waals surface area contributed by atoms with Crippen LogP contribution in [0.2, 0.25) is 0 Å². The van der Waals surface area contributed by atoms with Gasteiger partial charge in [0.25, 0.3) is 0 Å². The second kappa shape index (κ2) is 6.60. The second-order valence-corrected chi connectivity index (χ2v) is 5.55. The lowest BCUT2D eigenvalue weighted by Gasteiger charge is -2.19. The number of hydrogen-bond donors (Lipinski definition) is 2. The minimum atomic E-state index is 0.650. The predicted molar refractivity (Wildman–Crippen MR) is 90.2 cm³/mol. The second-order valence-electron chi connectivity index (χ2n) is 5.55. The van der Waals surface area contributed by atoms with Gasteiger partial charge in [0.15, 0.2) is 0 Å². The average Bonchev–Trinajstić information content (AvgIpc) is 2.50. The largest absolute Gasteiger partial charge is 0.493 e. The molecule has 0 spiro atoms. The molecule has 1 aliphatic rings. The van der Waals surface area contributed by atoms with Crippen LogP contribution in [0.15, 0.2) is 36.4 Å². The van der Waals surface area contributed by atoms with Crippen LogP contribution >= 0.6 is 0 Å². The molecule has 0 atom stereocenters. The quantitative estimate of drug-likeness (QED) is 0.725. The van der Waals surface area contributed by atoms with E-state index < -0.39 is 0 Å². The van der Waals surface area contributed by atoms with E-state index >= 15 is 0 Å². The summed E-state index contributed by atoms with van der Waals surface area (Å²) in [6, 6.07) is 11.4. The minimum absolute atomic E-state index is 0.650. The van der Waals surface area contributed by atoms with Crippen molar-refractivity contribution in [2.75, 3.05) is 24.7 Å². The number of nitrogens with two attached hydrogens (primary N) is 2. The molecule has 0 aliphatic carbocycles. The molecule has 0 amide bonds. The van der Waals surface area contributed by atoms with Crippen LogP contribution in [0.4, 0.5) is 11.4 Å². The maximum atomic E-state index is 6.21. The highest BCUT2D eigenvalue weighted by Crippen LogP contribution is 2.44. The van der Waals surface area contributed by atoms with Gasteiger partial charge in [0.1, 0.15) is 11.5 Å². The molecular formula is C18H22N2O2. The van der Waals surface area contributed by atoms with Crippen molar-refractivity contribution >= 4 is 11.4 Å². The summed E-state index contributed by atoms with van der Waals surface area (Å²) in [6.07, 6.45) is 4.35. The van der Waals surface area contributed by atoms with Crippen molar-refractivity contribution in [3.8, 4) is 22.6 Å². The predicted octanol–water partition coefficient (Wildman–Crippen LogP) is 3.85. The number of ether oxygens (including phenoxy) is 2. The molecule has 0 unspecified atom stereocenters. The molecule has 0 saturated carbocycles. The third-order valence-electron chi connectivity index (χ3n) is 3.92. The lowest BCUT2D eigenvalue weighted by Crippen LogP contribution is -2.06. The number of nitrogen functional groups attached to an aromatic ring is 2. The first kappa shape index (κ1) is 14.6. The zero-order valence-electron chi connectivity index (χ0n) is 12.7. The van der Waals surface area contributed by atoms with Gasteiger partial charge in [-0.3, -0.25) is 0 Å². The van der Waals surface area contributed by atoms with Crippen LogP contribution in [0.5, 0.6) is 11.5 Å². The van der Waals surface area contributed by atoms with Crippen molar-refractivity contribution < 1.29 is 9.47 Å². The Kier molecular flexibility index (Phi) is 4.37. The summed E-state index contributed by atoms with van der Waals surface area (Å²) in [5.74, 6) is 1.53. The van der Waals surface area contributed by atoms with E-state index in [-0.39, 0.29) is 0 Å². The van der Waals surface area contributed by atoms with Crippen LogP contribution in [-0.4, -0.2) is 13.2 Å². The van der Waals surface area contributed by atoms with E-state index in [0.29, 0.717) is 24.6 Å². The highest BCUT2D eigenvalue weighted by Gasteiger charge is 2.18. The molecule has 2 aromatic carbocycles. The zero-order valence-corrected chi connectivity index (χ0v) is 12.7. The van der Waals surface area contributed by atoms with Gasteiger partial charge in [0.2, 0.25) is 0 Å². The maximum absolute atomic E-state index is 6.21. The van der Waals surface area contributed by atoms with E-state index in [1.54, 1.807) is 0 Å². The Bertz CT molecular complexity index is 598. The molecule has 4 nitrogen and oxygen atoms in total. The first-order valence-electron chi connectivity index (χ1n) is 7.80. The van der Waals surface area contributed by atoms with Gasteiger partial charge in [-0.1, -0.05) is 12.1 Å². The molecule has 2 aromatic rings. The first-order valence-corrected chi connectivity index (χ1v) is 7.80. The van der Waals surface area contributed by atoms with E-state index in [2.05, 4.69) is 0 Å². The monoisotopic (exact) mass is 298 g/mol. The van der Waals surface area contributed by atoms with E-state index in [9.17, 15) is 0 Å². The fourth-order valence-electron chi connectivity index (χ4n) is 2.79. The number of hydrogen-bond acceptors (Lipinski definition) is 4. The molecule has 0 bridgehead atoms. The van der Waals surface area contributed by atoms with E-state index in [1.165, 1.54) is 0 Å². The number of anilines is 2. The van der Waals surface area contributed by atoms with E-state index in [0.717, 1.165) is 48.3 Å². The number of fused-ring (bicyclic) bond motifs is 3. The van der Waals surface area contributed by atoms with Crippen LogP contribution in [0.3, 0.4) is 0 Å². The fourth-order valence-corrected chi connectivity index (χ4v) is 2.79. The van der Waals surface area contributed by atoms with Crippen molar-refractivity contribution in [3.63, 3.8) is 0 Å². The third-order valence-corrected chi connectivity index (χ3v) is 3.92. The van der Waals surface area contributed by atoms with Crippen LogP contribution in [0.25, 0.3) is 11.1 Å². The molecule has 4 N–H and O–H groups in total. The van der Waals surface area contributed by atoms with Gasteiger partial charge >= 0.3 is 0 Å². The van der Waals surface area contributed by atoms with Crippen LogP contribution in [0, 0.1) is 0 Å². The van der Waals surface area contributed by atoms with Gasteiger partial charge < -0.3 is 20.9 Å². The Morgan fingerprint density at radius 3 is 1.55 bits per heavy atom. The lowest BCUT2D eigenvalue weighted by atomic mass is 9.99. The van der Waals surface area contributed by atoms with Crippen LogP contribution in [-0.2, 0) is 0 Å². The molecule has 3 rings (SSSR count). The normalized spacial score (nSPS) is 15.3. The summed E-state index contributed by atoms with van der Waals surface area (Å²) >= 11 is 0. The third kappa shape index (κ3) is 2.96.